The number of hydrogen-bond donors (Lipinski definition) is 2. The number of hydrogen-bond acceptors (Lipinski definition) is 6. The summed E-state index contributed by atoms with van der Waals surface area (Å²) >= 11 is 0. The highest BCUT2D eigenvalue weighted by Crippen LogP contribution is 2.24. The summed E-state index contributed by atoms with van der Waals surface area (Å²) in [6.45, 7) is 5.42. The molecule has 3 aromatic rings. The lowest BCUT2D eigenvalue weighted by Gasteiger charge is -2.08. The Balaban J connectivity index is 1.82. The summed E-state index contributed by atoms with van der Waals surface area (Å²) in [6, 6.07) is 11.2. The molecule has 0 radical (unpaired) electrons. The van der Waals surface area contributed by atoms with E-state index in [2.05, 4.69) is 26.0 Å². The molecule has 0 aliphatic rings. The summed E-state index contributed by atoms with van der Waals surface area (Å²) in [6.07, 6.45) is 0. The Labute approximate surface area is 139 Å². The second kappa shape index (κ2) is 6.49. The van der Waals surface area contributed by atoms with Crippen molar-refractivity contribution in [2.45, 2.75) is 20.8 Å². The number of aryl methyl sites for hydroxylation is 3. The maximum Gasteiger partial charge on any atom is 0.275 e. The van der Waals surface area contributed by atoms with Crippen LogP contribution in [0.25, 0.3) is 11.3 Å². The van der Waals surface area contributed by atoms with Crippen LogP contribution in [0.4, 0.5) is 5.95 Å². The highest BCUT2D eigenvalue weighted by Gasteiger charge is 2.21. The third-order valence-electron chi connectivity index (χ3n) is 3.41. The van der Waals surface area contributed by atoms with Crippen LogP contribution in [0, 0.1) is 20.8 Å². The molecule has 0 saturated carbocycles. The van der Waals surface area contributed by atoms with E-state index in [1.165, 1.54) is 0 Å². The minimum Gasteiger partial charge on any atom is -0.360 e. The second-order valence-corrected chi connectivity index (χ2v) is 5.38. The maximum atomic E-state index is 12.5. The molecule has 0 saturated heterocycles. The molecule has 2 heterocycles. The van der Waals surface area contributed by atoms with Crippen molar-refractivity contribution in [3.8, 4) is 11.3 Å². The first-order valence-corrected chi connectivity index (χ1v) is 7.45. The van der Waals surface area contributed by atoms with Crippen LogP contribution in [0.3, 0.4) is 0 Å². The molecular weight excluding hydrogens is 306 g/mol. The molecule has 24 heavy (non-hydrogen) atoms. The van der Waals surface area contributed by atoms with E-state index in [1.54, 1.807) is 6.92 Å². The van der Waals surface area contributed by atoms with Crippen molar-refractivity contribution >= 4 is 11.9 Å². The van der Waals surface area contributed by atoms with Gasteiger partial charge in [0.1, 0.15) is 17.0 Å². The molecule has 7 heteroatoms. The van der Waals surface area contributed by atoms with Gasteiger partial charge in [-0.3, -0.25) is 15.6 Å². The van der Waals surface area contributed by atoms with Crippen LogP contribution in [-0.2, 0) is 0 Å². The third kappa shape index (κ3) is 3.24. The van der Waals surface area contributed by atoms with Crippen molar-refractivity contribution in [3.63, 3.8) is 0 Å². The quantitative estimate of drug-likeness (QED) is 0.717. The van der Waals surface area contributed by atoms with Crippen LogP contribution >= 0.6 is 0 Å². The number of rotatable bonds is 4. The molecule has 1 aromatic carbocycles. The predicted octanol–water partition coefficient (Wildman–Crippen LogP) is 2.81. The van der Waals surface area contributed by atoms with E-state index in [4.69, 9.17) is 4.52 Å². The van der Waals surface area contributed by atoms with Crippen LogP contribution in [0.15, 0.2) is 40.9 Å². The first-order chi connectivity index (χ1) is 11.5. The van der Waals surface area contributed by atoms with Crippen LogP contribution < -0.4 is 10.9 Å². The van der Waals surface area contributed by atoms with Gasteiger partial charge in [-0.2, -0.15) is 0 Å². The van der Waals surface area contributed by atoms with Gasteiger partial charge in [0, 0.05) is 17.0 Å². The monoisotopic (exact) mass is 323 g/mol. The van der Waals surface area contributed by atoms with E-state index in [0.717, 1.165) is 17.0 Å². The Hall–Kier alpha value is -3.22. The average molecular weight is 323 g/mol. The molecule has 0 unspecified atom stereocenters. The Morgan fingerprint density at radius 2 is 1.71 bits per heavy atom. The molecule has 0 aliphatic heterocycles. The van der Waals surface area contributed by atoms with Gasteiger partial charge in [0.25, 0.3) is 5.91 Å². The molecule has 1 amide bonds. The number of nitrogens with zero attached hydrogens (tertiary/aromatic N) is 3. The van der Waals surface area contributed by atoms with Gasteiger partial charge in [0.2, 0.25) is 5.95 Å². The van der Waals surface area contributed by atoms with E-state index in [0.29, 0.717) is 23.0 Å². The molecule has 2 N–H and O–H groups in total. The summed E-state index contributed by atoms with van der Waals surface area (Å²) < 4.78 is 5.19. The minimum atomic E-state index is -0.365. The normalized spacial score (nSPS) is 10.5. The van der Waals surface area contributed by atoms with E-state index < -0.39 is 0 Å². The van der Waals surface area contributed by atoms with Gasteiger partial charge in [-0.25, -0.2) is 9.97 Å². The number of amides is 1. The first kappa shape index (κ1) is 15.7. The molecule has 0 atom stereocenters. The number of nitrogens with one attached hydrogen (secondary N) is 2. The van der Waals surface area contributed by atoms with Gasteiger partial charge in [0.15, 0.2) is 0 Å². The topological polar surface area (TPSA) is 92.9 Å². The average Bonchev–Trinajstić information content (AvgIpc) is 2.94. The fourth-order valence-corrected chi connectivity index (χ4v) is 2.39. The van der Waals surface area contributed by atoms with Crippen molar-refractivity contribution in [2.24, 2.45) is 0 Å². The van der Waals surface area contributed by atoms with Gasteiger partial charge < -0.3 is 4.52 Å². The minimum absolute atomic E-state index is 0.330. The van der Waals surface area contributed by atoms with Crippen LogP contribution in [-0.4, -0.2) is 21.0 Å². The van der Waals surface area contributed by atoms with E-state index in [-0.39, 0.29) is 5.91 Å². The van der Waals surface area contributed by atoms with E-state index in [1.807, 2.05) is 50.2 Å². The van der Waals surface area contributed by atoms with Gasteiger partial charge in [0.05, 0.1) is 0 Å². The zero-order valence-electron chi connectivity index (χ0n) is 13.6. The summed E-state index contributed by atoms with van der Waals surface area (Å²) in [5, 5.41) is 4.00. The molecule has 122 valence electrons. The van der Waals surface area contributed by atoms with E-state index in [9.17, 15) is 4.79 Å². The molecule has 3 rings (SSSR count). The fraction of sp³-hybridized carbons (Fsp3) is 0.176. The number of hydrazine groups is 1. The molecular formula is C17H17N5O2. The number of aromatic nitrogens is 3. The third-order valence-corrected chi connectivity index (χ3v) is 3.41. The maximum absolute atomic E-state index is 12.5. The zero-order valence-corrected chi connectivity index (χ0v) is 13.6. The highest BCUT2D eigenvalue weighted by atomic mass is 16.5. The van der Waals surface area contributed by atoms with Gasteiger partial charge >= 0.3 is 0 Å². The van der Waals surface area contributed by atoms with Crippen molar-refractivity contribution in [3.05, 3.63) is 59.1 Å². The molecule has 0 aliphatic carbocycles. The largest absolute Gasteiger partial charge is 0.360 e. The smallest absolute Gasteiger partial charge is 0.275 e. The summed E-state index contributed by atoms with van der Waals surface area (Å²) in [5.74, 6) is 0.404. The van der Waals surface area contributed by atoms with Gasteiger partial charge in [-0.05, 0) is 26.8 Å². The number of benzene rings is 1. The lowest BCUT2D eigenvalue weighted by molar-refractivity contribution is 0.0961. The summed E-state index contributed by atoms with van der Waals surface area (Å²) in [5.41, 5.74) is 8.62. The molecule has 0 spiro atoms. The summed E-state index contributed by atoms with van der Waals surface area (Å²) in [7, 11) is 0. The Morgan fingerprint density at radius 3 is 2.38 bits per heavy atom. The van der Waals surface area contributed by atoms with Crippen molar-refractivity contribution in [2.75, 3.05) is 5.43 Å². The zero-order chi connectivity index (χ0) is 17.1. The van der Waals surface area contributed by atoms with Crippen LogP contribution in [0.1, 0.15) is 27.5 Å². The van der Waals surface area contributed by atoms with Crippen LogP contribution in [0.5, 0.6) is 0 Å². The van der Waals surface area contributed by atoms with Crippen molar-refractivity contribution < 1.29 is 9.32 Å². The molecule has 2 aromatic heterocycles. The summed E-state index contributed by atoms with van der Waals surface area (Å²) in [4.78, 5) is 21.0. The predicted molar refractivity (Wildman–Crippen MR) is 89.3 cm³/mol. The lowest BCUT2D eigenvalue weighted by Crippen LogP contribution is -2.31. The fourth-order valence-electron chi connectivity index (χ4n) is 2.39. The second-order valence-electron chi connectivity index (χ2n) is 5.38. The highest BCUT2D eigenvalue weighted by molar-refractivity contribution is 6.01. The Morgan fingerprint density at radius 1 is 1.04 bits per heavy atom. The standard InChI is InChI=1S/C17H17N5O2/c1-10-9-11(2)19-17(18-10)21-20-16(23)14-12(3)24-22-15(14)13-7-5-4-6-8-13/h4-9H,1-3H3,(H,20,23)(H,18,19,21). The first-order valence-electron chi connectivity index (χ1n) is 7.45. The van der Waals surface area contributed by atoms with Gasteiger partial charge in [-0.1, -0.05) is 35.5 Å². The SMILES string of the molecule is Cc1cc(C)nc(NNC(=O)c2c(-c3ccccc3)noc2C)n1. The van der Waals surface area contributed by atoms with Crippen LogP contribution in [0.2, 0.25) is 0 Å². The molecule has 0 bridgehead atoms. The van der Waals surface area contributed by atoms with Gasteiger partial charge in [-0.15, -0.1) is 0 Å². The molecule has 0 fully saturated rings. The van der Waals surface area contributed by atoms with Crippen molar-refractivity contribution in [1.82, 2.24) is 20.6 Å². The number of carbonyl (C=O) groups excluding carboxylic acids is 1. The number of anilines is 1. The Bertz CT molecular complexity index is 854. The van der Waals surface area contributed by atoms with Crippen molar-refractivity contribution in [1.29, 1.82) is 0 Å². The van der Waals surface area contributed by atoms with E-state index >= 15 is 0 Å². The Kier molecular flexibility index (Phi) is 4.24. The lowest BCUT2D eigenvalue weighted by atomic mass is 10.1. The molecule has 7 nitrogen and oxygen atoms in total. The number of carbonyl (C=O) groups is 1.